The molecule has 22 heavy (non-hydrogen) atoms. The third-order valence-electron chi connectivity index (χ3n) is 4.97. The molecule has 2 heteroatoms. The van der Waals surface area contributed by atoms with Gasteiger partial charge in [-0.1, -0.05) is 83.5 Å². The van der Waals surface area contributed by atoms with E-state index in [-0.39, 0.29) is 5.41 Å². The minimum Gasteiger partial charge on any atom is -0.0654 e. The van der Waals surface area contributed by atoms with Crippen LogP contribution in [0.2, 0.25) is 0 Å². The molecule has 0 N–H and O–H groups in total. The van der Waals surface area contributed by atoms with E-state index in [4.69, 9.17) is 0 Å². The fourth-order valence-corrected chi connectivity index (χ4v) is 4.46. The highest BCUT2D eigenvalue weighted by Gasteiger charge is 2.38. The smallest absolute Gasteiger partial charge is 0.0187 e. The van der Waals surface area contributed by atoms with E-state index in [0.717, 1.165) is 0 Å². The lowest BCUT2D eigenvalue weighted by molar-refractivity contribution is 0.486. The van der Waals surface area contributed by atoms with Crippen molar-refractivity contribution in [1.29, 1.82) is 0 Å². The number of hydrogen-bond acceptors (Lipinski definition) is 0. The van der Waals surface area contributed by atoms with E-state index < -0.39 is 0 Å². The Kier molecular flexibility index (Phi) is 4.80. The van der Waals surface area contributed by atoms with Gasteiger partial charge < -0.3 is 0 Å². The molecule has 0 spiro atoms. The first-order valence-electron chi connectivity index (χ1n) is 8.16. The first kappa shape index (κ1) is 16.3. The van der Waals surface area contributed by atoms with Gasteiger partial charge in [-0.05, 0) is 52.9 Å². The molecule has 0 heterocycles. The highest BCUT2D eigenvalue weighted by molar-refractivity contribution is 9.10. The second-order valence-electron chi connectivity index (χ2n) is 6.52. The number of fused-ring (bicyclic) bond motifs is 3. The van der Waals surface area contributed by atoms with E-state index in [9.17, 15) is 0 Å². The SMILES string of the molecule is CCCCCCC1(C)c2cc(Br)ccc2-c2ccc(Br)cc21. The van der Waals surface area contributed by atoms with Crippen LogP contribution in [0.1, 0.15) is 57.1 Å². The van der Waals surface area contributed by atoms with Gasteiger partial charge in [0.1, 0.15) is 0 Å². The lowest BCUT2D eigenvalue weighted by Gasteiger charge is -2.28. The maximum atomic E-state index is 3.66. The molecule has 0 aliphatic heterocycles. The fourth-order valence-electron chi connectivity index (χ4n) is 3.74. The van der Waals surface area contributed by atoms with Crippen molar-refractivity contribution in [1.82, 2.24) is 0 Å². The standard InChI is InChI=1S/C20H22Br2/c1-3-4-5-6-11-20(2)18-12-14(21)7-9-16(18)17-10-8-15(22)13-19(17)20/h7-10,12-13H,3-6,11H2,1-2H3. The highest BCUT2D eigenvalue weighted by atomic mass is 79.9. The van der Waals surface area contributed by atoms with Gasteiger partial charge in [0.05, 0.1) is 0 Å². The summed E-state index contributed by atoms with van der Waals surface area (Å²) in [4.78, 5) is 0. The minimum atomic E-state index is 0.131. The van der Waals surface area contributed by atoms with E-state index in [1.807, 2.05) is 0 Å². The summed E-state index contributed by atoms with van der Waals surface area (Å²) in [5.74, 6) is 0. The van der Waals surface area contributed by atoms with Crippen molar-refractivity contribution in [3.05, 3.63) is 56.5 Å². The molecule has 0 aromatic heterocycles. The Bertz CT molecular complexity index is 637. The van der Waals surface area contributed by atoms with Gasteiger partial charge in [0, 0.05) is 14.4 Å². The third kappa shape index (κ3) is 2.80. The maximum absolute atomic E-state index is 3.66. The second-order valence-corrected chi connectivity index (χ2v) is 8.35. The van der Waals surface area contributed by atoms with E-state index in [0.29, 0.717) is 0 Å². The van der Waals surface area contributed by atoms with Gasteiger partial charge in [-0.2, -0.15) is 0 Å². The Morgan fingerprint density at radius 1 is 0.818 bits per heavy atom. The summed E-state index contributed by atoms with van der Waals surface area (Å²) in [7, 11) is 0. The van der Waals surface area contributed by atoms with Crippen LogP contribution in [0.25, 0.3) is 11.1 Å². The first-order chi connectivity index (χ1) is 10.6. The van der Waals surface area contributed by atoms with E-state index in [2.05, 4.69) is 82.1 Å². The molecule has 0 amide bonds. The van der Waals surface area contributed by atoms with Crippen LogP contribution < -0.4 is 0 Å². The molecule has 0 saturated heterocycles. The van der Waals surface area contributed by atoms with Crippen molar-refractivity contribution in [2.75, 3.05) is 0 Å². The molecule has 0 atom stereocenters. The summed E-state index contributed by atoms with van der Waals surface area (Å²) in [6.45, 7) is 4.69. The average Bonchev–Trinajstić information content (AvgIpc) is 2.73. The molecule has 2 aromatic rings. The Morgan fingerprint density at radius 2 is 1.36 bits per heavy atom. The van der Waals surface area contributed by atoms with Gasteiger partial charge in [0.15, 0.2) is 0 Å². The van der Waals surface area contributed by atoms with Gasteiger partial charge in [-0.3, -0.25) is 0 Å². The average molecular weight is 422 g/mol. The number of unbranched alkanes of at least 4 members (excludes halogenated alkanes) is 3. The molecule has 2 aromatic carbocycles. The maximum Gasteiger partial charge on any atom is 0.0187 e. The molecule has 0 bridgehead atoms. The van der Waals surface area contributed by atoms with Gasteiger partial charge >= 0.3 is 0 Å². The molecule has 1 aliphatic carbocycles. The topological polar surface area (TPSA) is 0 Å². The molecule has 1 aliphatic rings. The molecule has 3 rings (SSSR count). The van der Waals surface area contributed by atoms with Crippen LogP contribution in [0.15, 0.2) is 45.3 Å². The summed E-state index contributed by atoms with van der Waals surface area (Å²) in [5.41, 5.74) is 5.90. The van der Waals surface area contributed by atoms with Gasteiger partial charge in [-0.25, -0.2) is 0 Å². The van der Waals surface area contributed by atoms with E-state index >= 15 is 0 Å². The zero-order chi connectivity index (χ0) is 15.7. The van der Waals surface area contributed by atoms with Crippen molar-refractivity contribution >= 4 is 31.9 Å². The van der Waals surface area contributed by atoms with E-state index in [1.54, 1.807) is 0 Å². The van der Waals surface area contributed by atoms with Crippen LogP contribution in [-0.4, -0.2) is 0 Å². The summed E-state index contributed by atoms with van der Waals surface area (Å²) >= 11 is 7.32. The van der Waals surface area contributed by atoms with Gasteiger partial charge in [0.25, 0.3) is 0 Å². The first-order valence-corrected chi connectivity index (χ1v) is 9.75. The van der Waals surface area contributed by atoms with Crippen molar-refractivity contribution in [3.63, 3.8) is 0 Å². The Labute approximate surface area is 150 Å². The zero-order valence-corrected chi connectivity index (χ0v) is 16.4. The summed E-state index contributed by atoms with van der Waals surface area (Å²) in [5, 5.41) is 0. The van der Waals surface area contributed by atoms with Crippen LogP contribution in [0.5, 0.6) is 0 Å². The van der Waals surface area contributed by atoms with Crippen LogP contribution in [0, 0.1) is 0 Å². The molecule has 0 nitrogen and oxygen atoms in total. The van der Waals surface area contributed by atoms with Gasteiger partial charge in [-0.15, -0.1) is 0 Å². The number of hydrogen-bond donors (Lipinski definition) is 0. The Hall–Kier alpha value is -0.600. The third-order valence-corrected chi connectivity index (χ3v) is 5.96. The van der Waals surface area contributed by atoms with Crippen LogP contribution in [0.4, 0.5) is 0 Å². The van der Waals surface area contributed by atoms with E-state index in [1.165, 1.54) is 63.3 Å². The predicted octanol–water partition coefficient (Wildman–Crippen LogP) is 7.47. The second kappa shape index (κ2) is 6.49. The highest BCUT2D eigenvalue weighted by Crippen LogP contribution is 2.52. The Balaban J connectivity index is 2.05. The molecule has 116 valence electrons. The minimum absolute atomic E-state index is 0.131. The monoisotopic (exact) mass is 420 g/mol. The zero-order valence-electron chi connectivity index (χ0n) is 13.3. The summed E-state index contributed by atoms with van der Waals surface area (Å²) in [6, 6.07) is 13.5. The van der Waals surface area contributed by atoms with Crippen molar-refractivity contribution < 1.29 is 0 Å². The lowest BCUT2D eigenvalue weighted by atomic mass is 9.76. The molecule has 0 saturated carbocycles. The normalized spacial score (nSPS) is 14.7. The van der Waals surface area contributed by atoms with Crippen molar-refractivity contribution in [2.24, 2.45) is 0 Å². The summed E-state index contributed by atoms with van der Waals surface area (Å²) in [6.07, 6.45) is 6.48. The van der Waals surface area contributed by atoms with Crippen LogP contribution in [0.3, 0.4) is 0 Å². The lowest BCUT2D eigenvalue weighted by Crippen LogP contribution is -2.20. The molecule has 0 radical (unpaired) electrons. The molecule has 0 unspecified atom stereocenters. The number of halogens is 2. The molecule has 0 fully saturated rings. The Morgan fingerprint density at radius 3 is 1.86 bits per heavy atom. The number of rotatable bonds is 5. The summed E-state index contributed by atoms with van der Waals surface area (Å²) < 4.78 is 2.36. The van der Waals surface area contributed by atoms with Gasteiger partial charge in [0.2, 0.25) is 0 Å². The van der Waals surface area contributed by atoms with Crippen molar-refractivity contribution in [3.8, 4) is 11.1 Å². The van der Waals surface area contributed by atoms with Crippen LogP contribution >= 0.6 is 31.9 Å². The number of benzene rings is 2. The molecular formula is C20H22Br2. The van der Waals surface area contributed by atoms with Crippen LogP contribution in [-0.2, 0) is 5.41 Å². The molecular weight excluding hydrogens is 400 g/mol. The van der Waals surface area contributed by atoms with Crippen molar-refractivity contribution in [2.45, 2.75) is 51.4 Å². The predicted molar refractivity (Wildman–Crippen MR) is 102 cm³/mol. The quantitative estimate of drug-likeness (QED) is 0.439. The largest absolute Gasteiger partial charge is 0.0654 e. The fraction of sp³-hybridized carbons (Fsp3) is 0.400.